The van der Waals surface area contributed by atoms with Gasteiger partial charge in [0.1, 0.15) is 6.04 Å². The first-order valence-electron chi connectivity index (χ1n) is 4.53. The molecule has 2 N–H and O–H groups in total. The highest BCUT2D eigenvalue weighted by Gasteiger charge is 2.34. The summed E-state index contributed by atoms with van der Waals surface area (Å²) in [6.45, 7) is 1.84. The van der Waals surface area contributed by atoms with E-state index in [-0.39, 0.29) is 0 Å². The van der Waals surface area contributed by atoms with Crippen molar-refractivity contribution in [2.24, 2.45) is 5.92 Å². The summed E-state index contributed by atoms with van der Waals surface area (Å²) in [5, 5.41) is 17.8. The van der Waals surface area contributed by atoms with Crippen LogP contribution in [0.5, 0.6) is 0 Å². The normalized spacial score (nSPS) is 15.1. The van der Waals surface area contributed by atoms with Gasteiger partial charge in [0.05, 0.1) is 5.92 Å². The second-order valence-electron chi connectivity index (χ2n) is 3.48. The average Bonchev–Trinajstić information content (AvgIpc) is 2.01. The van der Waals surface area contributed by atoms with Gasteiger partial charge in [-0.3, -0.25) is 14.5 Å². The molecule has 5 heteroatoms. The lowest BCUT2D eigenvalue weighted by Gasteiger charge is -2.25. The fourth-order valence-electron chi connectivity index (χ4n) is 1.48. The van der Waals surface area contributed by atoms with E-state index in [4.69, 9.17) is 10.2 Å². The SMILES string of the molecule is CCC[C@H](C(=O)O)[C@@H](C(=O)O)N(C)C. The van der Waals surface area contributed by atoms with Crippen LogP contribution in [-0.4, -0.2) is 47.2 Å². The lowest BCUT2D eigenvalue weighted by atomic mass is 9.94. The van der Waals surface area contributed by atoms with Gasteiger partial charge in [0.15, 0.2) is 0 Å². The van der Waals surface area contributed by atoms with Crippen molar-refractivity contribution in [3.05, 3.63) is 0 Å². The number of aliphatic carboxylic acids is 2. The molecular formula is C9H17NO4. The van der Waals surface area contributed by atoms with Gasteiger partial charge < -0.3 is 10.2 Å². The Hall–Kier alpha value is -1.10. The van der Waals surface area contributed by atoms with Crippen LogP contribution < -0.4 is 0 Å². The van der Waals surface area contributed by atoms with Crippen LogP contribution in [0, 0.1) is 5.92 Å². The monoisotopic (exact) mass is 203 g/mol. The smallest absolute Gasteiger partial charge is 0.321 e. The Morgan fingerprint density at radius 1 is 1.21 bits per heavy atom. The lowest BCUT2D eigenvalue weighted by molar-refractivity contribution is -0.154. The van der Waals surface area contributed by atoms with Gasteiger partial charge in [-0.2, -0.15) is 0 Å². The highest BCUT2D eigenvalue weighted by molar-refractivity contribution is 5.82. The van der Waals surface area contributed by atoms with Gasteiger partial charge in [-0.1, -0.05) is 13.3 Å². The molecule has 2 atom stereocenters. The van der Waals surface area contributed by atoms with Crippen LogP contribution in [0.1, 0.15) is 19.8 Å². The molecule has 0 aromatic heterocycles. The Morgan fingerprint density at radius 2 is 1.71 bits per heavy atom. The molecule has 0 aromatic rings. The molecule has 0 amide bonds. The summed E-state index contributed by atoms with van der Waals surface area (Å²) in [6.07, 6.45) is 1.04. The lowest BCUT2D eigenvalue weighted by Crippen LogP contribution is -2.45. The zero-order valence-electron chi connectivity index (χ0n) is 8.73. The molecule has 5 nitrogen and oxygen atoms in total. The first-order valence-corrected chi connectivity index (χ1v) is 4.53. The molecule has 0 radical (unpaired) electrons. The molecule has 0 aromatic carbocycles. The van der Waals surface area contributed by atoms with Gasteiger partial charge >= 0.3 is 11.9 Å². The average molecular weight is 203 g/mol. The van der Waals surface area contributed by atoms with Gasteiger partial charge in [-0.15, -0.1) is 0 Å². The predicted molar refractivity (Wildman–Crippen MR) is 51.1 cm³/mol. The molecule has 0 aliphatic heterocycles. The van der Waals surface area contributed by atoms with Crippen LogP contribution in [-0.2, 0) is 9.59 Å². The van der Waals surface area contributed by atoms with E-state index in [0.29, 0.717) is 12.8 Å². The summed E-state index contributed by atoms with van der Waals surface area (Å²) in [6, 6.07) is -0.951. The predicted octanol–water partition coefficient (Wildman–Crippen LogP) is 0.502. The second kappa shape index (κ2) is 5.59. The zero-order chi connectivity index (χ0) is 11.3. The number of nitrogens with zero attached hydrogens (tertiary/aromatic N) is 1. The molecule has 0 heterocycles. The Morgan fingerprint density at radius 3 is 1.93 bits per heavy atom. The minimum Gasteiger partial charge on any atom is -0.481 e. The van der Waals surface area contributed by atoms with Crippen molar-refractivity contribution in [2.75, 3.05) is 14.1 Å². The van der Waals surface area contributed by atoms with Crippen molar-refractivity contribution >= 4 is 11.9 Å². The number of hydrogen-bond donors (Lipinski definition) is 2. The van der Waals surface area contributed by atoms with E-state index in [1.165, 1.54) is 4.90 Å². The van der Waals surface area contributed by atoms with Crippen molar-refractivity contribution in [3.8, 4) is 0 Å². The first kappa shape index (κ1) is 12.9. The number of hydrogen-bond acceptors (Lipinski definition) is 3. The molecule has 0 aliphatic carbocycles. The summed E-state index contributed by atoms with van der Waals surface area (Å²) >= 11 is 0. The minimum absolute atomic E-state index is 0.379. The maximum Gasteiger partial charge on any atom is 0.321 e. The van der Waals surface area contributed by atoms with E-state index in [0.717, 1.165) is 0 Å². The number of carboxylic acids is 2. The van der Waals surface area contributed by atoms with E-state index in [1.807, 2.05) is 6.92 Å². The van der Waals surface area contributed by atoms with Crippen molar-refractivity contribution in [2.45, 2.75) is 25.8 Å². The maximum absolute atomic E-state index is 10.9. The molecule has 0 bridgehead atoms. The Labute approximate surface area is 83.3 Å². The van der Waals surface area contributed by atoms with Gasteiger partial charge in [0, 0.05) is 0 Å². The van der Waals surface area contributed by atoms with Gasteiger partial charge in [0.2, 0.25) is 0 Å². The molecule has 14 heavy (non-hydrogen) atoms. The number of rotatable bonds is 6. The van der Waals surface area contributed by atoms with E-state index < -0.39 is 23.9 Å². The van der Waals surface area contributed by atoms with Crippen molar-refractivity contribution in [1.29, 1.82) is 0 Å². The molecule has 0 saturated heterocycles. The molecule has 0 fully saturated rings. The molecular weight excluding hydrogens is 186 g/mol. The van der Waals surface area contributed by atoms with Crippen LogP contribution in [0.4, 0.5) is 0 Å². The molecule has 0 aliphatic rings. The van der Waals surface area contributed by atoms with E-state index >= 15 is 0 Å². The number of likely N-dealkylation sites (N-methyl/N-ethyl adjacent to an activating group) is 1. The van der Waals surface area contributed by atoms with Crippen LogP contribution in [0.3, 0.4) is 0 Å². The van der Waals surface area contributed by atoms with Gasteiger partial charge in [0.25, 0.3) is 0 Å². The summed E-state index contributed by atoms with van der Waals surface area (Å²) in [5.74, 6) is -2.98. The largest absolute Gasteiger partial charge is 0.481 e. The highest BCUT2D eigenvalue weighted by atomic mass is 16.4. The molecule has 0 saturated carbocycles. The third-order valence-electron chi connectivity index (χ3n) is 2.11. The minimum atomic E-state index is -1.09. The van der Waals surface area contributed by atoms with Crippen LogP contribution in [0.15, 0.2) is 0 Å². The summed E-state index contributed by atoms with van der Waals surface area (Å²) < 4.78 is 0. The maximum atomic E-state index is 10.9. The zero-order valence-corrected chi connectivity index (χ0v) is 8.73. The van der Waals surface area contributed by atoms with Crippen molar-refractivity contribution < 1.29 is 19.8 Å². The van der Waals surface area contributed by atoms with E-state index in [2.05, 4.69) is 0 Å². The van der Waals surface area contributed by atoms with Crippen LogP contribution in [0.2, 0.25) is 0 Å². The fourth-order valence-corrected chi connectivity index (χ4v) is 1.48. The van der Waals surface area contributed by atoms with Crippen LogP contribution in [0.25, 0.3) is 0 Å². The third kappa shape index (κ3) is 3.33. The summed E-state index contributed by atoms with van der Waals surface area (Å²) in [7, 11) is 3.15. The highest BCUT2D eigenvalue weighted by Crippen LogP contribution is 2.16. The Kier molecular flexibility index (Phi) is 5.15. The molecule has 0 unspecified atom stereocenters. The second-order valence-corrected chi connectivity index (χ2v) is 3.48. The Balaban J connectivity index is 4.73. The molecule has 0 spiro atoms. The first-order chi connectivity index (χ1) is 6.41. The molecule has 0 rings (SSSR count). The van der Waals surface area contributed by atoms with Crippen molar-refractivity contribution in [1.82, 2.24) is 4.90 Å². The summed E-state index contributed by atoms with van der Waals surface area (Å²) in [5.41, 5.74) is 0. The van der Waals surface area contributed by atoms with Crippen LogP contribution >= 0.6 is 0 Å². The summed E-state index contributed by atoms with van der Waals surface area (Å²) in [4.78, 5) is 23.1. The quantitative estimate of drug-likeness (QED) is 0.657. The topological polar surface area (TPSA) is 77.8 Å². The Bertz CT molecular complexity index is 215. The van der Waals surface area contributed by atoms with E-state index in [9.17, 15) is 9.59 Å². The van der Waals surface area contributed by atoms with Crippen molar-refractivity contribution in [3.63, 3.8) is 0 Å². The van der Waals surface area contributed by atoms with Gasteiger partial charge in [-0.25, -0.2) is 0 Å². The van der Waals surface area contributed by atoms with E-state index in [1.54, 1.807) is 14.1 Å². The third-order valence-corrected chi connectivity index (χ3v) is 2.11. The standard InChI is InChI=1S/C9H17NO4/c1-4-5-6(8(11)12)7(9(13)14)10(2)3/h6-7H,4-5H2,1-3H3,(H,11,12)(H,13,14)/t6-,7-/m0/s1. The number of carbonyl (C=O) groups is 2. The fraction of sp³-hybridized carbons (Fsp3) is 0.778. The van der Waals surface area contributed by atoms with Gasteiger partial charge in [-0.05, 0) is 20.5 Å². The molecule has 82 valence electrons. The number of carboxylic acid groups (broad SMARTS) is 2.